The minimum Gasteiger partial charge on any atom is -0.378 e. The van der Waals surface area contributed by atoms with Gasteiger partial charge < -0.3 is 11.1 Å². The zero-order valence-corrected chi connectivity index (χ0v) is 12.1. The number of anilines is 1. The van der Waals surface area contributed by atoms with Crippen LogP contribution in [0.15, 0.2) is 29.2 Å². The van der Waals surface area contributed by atoms with Crippen molar-refractivity contribution in [2.45, 2.75) is 42.8 Å². The third-order valence-electron chi connectivity index (χ3n) is 3.08. The lowest BCUT2D eigenvalue weighted by Gasteiger charge is -2.32. The van der Waals surface area contributed by atoms with Crippen LogP contribution in [0, 0.1) is 0 Å². The maximum Gasteiger partial charge on any atom is 0.501 e. The van der Waals surface area contributed by atoms with Crippen molar-refractivity contribution in [2.75, 3.05) is 5.32 Å². The van der Waals surface area contributed by atoms with E-state index in [0.717, 1.165) is 6.07 Å². The summed E-state index contributed by atoms with van der Waals surface area (Å²) in [6, 6.07) is 4.49. The predicted octanol–water partition coefficient (Wildman–Crippen LogP) is 2.52. The average Bonchev–Trinajstić information content (AvgIpc) is 2.27. The molecule has 0 bridgehead atoms. The van der Waals surface area contributed by atoms with E-state index in [1.807, 2.05) is 0 Å². The molecule has 8 heteroatoms. The van der Waals surface area contributed by atoms with Gasteiger partial charge in [0.1, 0.15) is 0 Å². The van der Waals surface area contributed by atoms with E-state index in [1.54, 1.807) is 20.8 Å². The smallest absolute Gasteiger partial charge is 0.378 e. The molecule has 3 N–H and O–H groups in total. The number of sulfone groups is 1. The molecule has 1 atom stereocenters. The van der Waals surface area contributed by atoms with Crippen LogP contribution in [0.2, 0.25) is 0 Å². The molecule has 0 heterocycles. The first-order chi connectivity index (χ1) is 8.89. The van der Waals surface area contributed by atoms with Crippen molar-refractivity contribution in [1.29, 1.82) is 0 Å². The second kappa shape index (κ2) is 5.25. The Morgan fingerprint density at radius 2 is 1.70 bits per heavy atom. The minimum atomic E-state index is -5.41. The highest BCUT2D eigenvalue weighted by Crippen LogP contribution is 2.35. The Morgan fingerprint density at radius 1 is 1.20 bits per heavy atom. The zero-order chi connectivity index (χ0) is 15.8. The number of nitrogens with two attached hydrogens (primary N) is 1. The fourth-order valence-corrected chi connectivity index (χ4v) is 2.31. The lowest BCUT2D eigenvalue weighted by Crippen LogP contribution is -2.47. The van der Waals surface area contributed by atoms with Crippen LogP contribution in [0.3, 0.4) is 0 Å². The second-order valence-corrected chi connectivity index (χ2v) is 6.99. The van der Waals surface area contributed by atoms with Gasteiger partial charge in [0.2, 0.25) is 0 Å². The summed E-state index contributed by atoms with van der Waals surface area (Å²) in [4.78, 5) is -0.804. The van der Waals surface area contributed by atoms with Crippen molar-refractivity contribution in [3.05, 3.63) is 24.3 Å². The molecule has 1 unspecified atom stereocenters. The van der Waals surface area contributed by atoms with Crippen LogP contribution in [-0.2, 0) is 9.84 Å². The fourth-order valence-electron chi connectivity index (χ4n) is 1.39. The fraction of sp³-hybridized carbons (Fsp3) is 0.500. The van der Waals surface area contributed by atoms with Crippen LogP contribution in [0.4, 0.5) is 18.9 Å². The number of benzene rings is 1. The highest BCUT2D eigenvalue weighted by Gasteiger charge is 2.48. The van der Waals surface area contributed by atoms with Crippen LogP contribution in [0.1, 0.15) is 20.8 Å². The van der Waals surface area contributed by atoms with E-state index < -0.39 is 31.8 Å². The van der Waals surface area contributed by atoms with Crippen molar-refractivity contribution >= 4 is 15.5 Å². The van der Waals surface area contributed by atoms with E-state index in [-0.39, 0.29) is 5.69 Å². The van der Waals surface area contributed by atoms with Gasteiger partial charge in [0.05, 0.1) is 10.6 Å². The van der Waals surface area contributed by atoms with E-state index in [1.165, 1.54) is 18.2 Å². The molecule has 0 radical (unpaired) electrons. The molecule has 0 saturated carbocycles. The normalized spacial score (nSPS) is 14.9. The van der Waals surface area contributed by atoms with Crippen LogP contribution >= 0.6 is 0 Å². The van der Waals surface area contributed by atoms with Crippen molar-refractivity contribution in [2.24, 2.45) is 5.73 Å². The van der Waals surface area contributed by atoms with Gasteiger partial charge in [-0.3, -0.25) is 0 Å². The average molecular weight is 310 g/mol. The second-order valence-electron chi connectivity index (χ2n) is 5.08. The molecule has 4 nitrogen and oxygen atoms in total. The molecule has 0 spiro atoms. The summed E-state index contributed by atoms with van der Waals surface area (Å²) in [5.74, 6) is 0. The Balaban J connectivity index is 3.34. The summed E-state index contributed by atoms with van der Waals surface area (Å²) in [7, 11) is -5.41. The predicted molar refractivity (Wildman–Crippen MR) is 71.0 cm³/mol. The largest absolute Gasteiger partial charge is 0.501 e. The Kier molecular flexibility index (Phi) is 4.40. The summed E-state index contributed by atoms with van der Waals surface area (Å²) >= 11 is 0. The standard InChI is InChI=1S/C12H17F3N2O2S/c1-8(16)11(2,3)17-9-6-4-5-7-10(9)20(18,19)12(13,14)15/h4-8,17H,16H2,1-3H3. The number of para-hydroxylation sites is 1. The van der Waals surface area contributed by atoms with E-state index >= 15 is 0 Å². The van der Waals surface area contributed by atoms with E-state index in [4.69, 9.17) is 5.73 Å². The Bertz CT molecular complexity index is 581. The molecule has 0 aliphatic carbocycles. The van der Waals surface area contributed by atoms with Gasteiger partial charge in [0.25, 0.3) is 9.84 Å². The van der Waals surface area contributed by atoms with Crippen LogP contribution < -0.4 is 11.1 Å². The van der Waals surface area contributed by atoms with Crippen molar-refractivity contribution in [3.63, 3.8) is 0 Å². The van der Waals surface area contributed by atoms with Crippen LogP contribution in [-0.4, -0.2) is 25.5 Å². The number of rotatable bonds is 4. The van der Waals surface area contributed by atoms with Crippen molar-refractivity contribution in [3.8, 4) is 0 Å². The van der Waals surface area contributed by atoms with E-state index in [0.29, 0.717) is 0 Å². The maximum atomic E-state index is 12.7. The van der Waals surface area contributed by atoms with E-state index in [9.17, 15) is 21.6 Å². The number of alkyl halides is 3. The first-order valence-corrected chi connectivity index (χ1v) is 7.32. The molecule has 0 amide bonds. The molecule has 0 aliphatic rings. The molecule has 114 valence electrons. The first kappa shape index (κ1) is 16.8. The molecule has 1 rings (SSSR count). The van der Waals surface area contributed by atoms with Gasteiger partial charge in [-0.15, -0.1) is 0 Å². The topological polar surface area (TPSA) is 72.2 Å². The Hall–Kier alpha value is -1.28. The van der Waals surface area contributed by atoms with Gasteiger partial charge in [0, 0.05) is 11.6 Å². The number of nitrogens with one attached hydrogen (secondary N) is 1. The lowest BCUT2D eigenvalue weighted by atomic mass is 9.96. The van der Waals surface area contributed by atoms with Gasteiger partial charge in [-0.25, -0.2) is 8.42 Å². The monoisotopic (exact) mass is 310 g/mol. The van der Waals surface area contributed by atoms with Gasteiger partial charge in [-0.05, 0) is 32.9 Å². The highest BCUT2D eigenvalue weighted by molar-refractivity contribution is 7.92. The number of hydrogen-bond donors (Lipinski definition) is 2. The molecule has 20 heavy (non-hydrogen) atoms. The first-order valence-electron chi connectivity index (χ1n) is 5.84. The summed E-state index contributed by atoms with van der Waals surface area (Å²) in [5, 5.41) is 2.76. The quantitative estimate of drug-likeness (QED) is 0.896. The zero-order valence-electron chi connectivity index (χ0n) is 11.3. The third kappa shape index (κ3) is 3.24. The third-order valence-corrected chi connectivity index (χ3v) is 4.62. The van der Waals surface area contributed by atoms with E-state index in [2.05, 4.69) is 5.32 Å². The number of hydrogen-bond acceptors (Lipinski definition) is 4. The minimum absolute atomic E-state index is 0.118. The van der Waals surface area contributed by atoms with Gasteiger partial charge >= 0.3 is 5.51 Å². The molecule has 0 aromatic heterocycles. The summed E-state index contributed by atoms with van der Waals surface area (Å²) in [5.41, 5.74) is -0.500. The number of halogens is 3. The molecule has 0 fully saturated rings. The van der Waals surface area contributed by atoms with Crippen molar-refractivity contribution < 1.29 is 21.6 Å². The summed E-state index contributed by atoms with van der Waals surface area (Å²) in [6.45, 7) is 5.02. The van der Waals surface area contributed by atoms with Gasteiger partial charge in [0.15, 0.2) is 0 Å². The van der Waals surface area contributed by atoms with Gasteiger partial charge in [-0.2, -0.15) is 13.2 Å². The lowest BCUT2D eigenvalue weighted by molar-refractivity contribution is -0.0435. The Labute approximate surface area is 116 Å². The highest BCUT2D eigenvalue weighted by atomic mass is 32.2. The molecule has 0 aliphatic heterocycles. The SMILES string of the molecule is CC(N)C(C)(C)Nc1ccccc1S(=O)(=O)C(F)(F)F. The van der Waals surface area contributed by atoms with Gasteiger partial charge in [-0.1, -0.05) is 12.1 Å². The molecule has 1 aromatic rings. The maximum absolute atomic E-state index is 12.7. The van der Waals surface area contributed by atoms with Crippen LogP contribution in [0.25, 0.3) is 0 Å². The Morgan fingerprint density at radius 3 is 2.15 bits per heavy atom. The van der Waals surface area contributed by atoms with Crippen molar-refractivity contribution in [1.82, 2.24) is 0 Å². The molecule has 0 saturated heterocycles. The molecular weight excluding hydrogens is 293 g/mol. The molecular formula is C12H17F3N2O2S. The molecule has 1 aromatic carbocycles. The van der Waals surface area contributed by atoms with Crippen LogP contribution in [0.5, 0.6) is 0 Å². The summed E-state index contributed by atoms with van der Waals surface area (Å²) < 4.78 is 61.0. The summed E-state index contributed by atoms with van der Waals surface area (Å²) in [6.07, 6.45) is 0.